The molecule has 0 atom stereocenters. The van der Waals surface area contributed by atoms with Crippen molar-refractivity contribution in [1.82, 2.24) is 4.90 Å². The molecule has 7 nitrogen and oxygen atoms in total. The van der Waals surface area contributed by atoms with Crippen molar-refractivity contribution in [3.05, 3.63) is 76.2 Å². The summed E-state index contributed by atoms with van der Waals surface area (Å²) in [5.74, 6) is 0.387. The van der Waals surface area contributed by atoms with Gasteiger partial charge in [0.2, 0.25) is 5.91 Å². The van der Waals surface area contributed by atoms with Crippen LogP contribution in [0, 0.1) is 5.92 Å². The molecule has 194 valence electrons. The third-order valence-electron chi connectivity index (χ3n) is 5.65. The molecule has 0 aliphatic heterocycles. The zero-order valence-electron chi connectivity index (χ0n) is 20.7. The Balaban J connectivity index is 2.03. The highest BCUT2D eigenvalue weighted by Crippen LogP contribution is 2.32. The van der Waals surface area contributed by atoms with Gasteiger partial charge in [-0.15, -0.1) is 0 Å². The average molecular weight is 554 g/mol. The van der Waals surface area contributed by atoms with Crippen LogP contribution in [-0.2, 0) is 28.0 Å². The Morgan fingerprint density at radius 2 is 1.72 bits per heavy atom. The maximum atomic E-state index is 13.2. The largest absolute Gasteiger partial charge is 0.467 e. The number of amides is 1. The van der Waals surface area contributed by atoms with Crippen LogP contribution >= 0.6 is 23.2 Å². The summed E-state index contributed by atoms with van der Waals surface area (Å²) >= 11 is 12.0. The molecule has 3 aromatic rings. The van der Waals surface area contributed by atoms with Crippen molar-refractivity contribution in [2.75, 3.05) is 18.0 Å². The number of carbonyl (C=O) groups is 1. The first-order valence-corrected chi connectivity index (χ1v) is 13.8. The number of anilines is 1. The summed E-state index contributed by atoms with van der Waals surface area (Å²) in [4.78, 5) is 16.6. The highest BCUT2D eigenvalue weighted by Gasteiger charge is 2.24. The fourth-order valence-electron chi connectivity index (χ4n) is 3.71. The lowest BCUT2D eigenvalue weighted by atomic mass is 10.1. The SMILES string of the molecule is CCN(CC)c1ccc(CN(Cc2ccco2)C(=O)C(C)C)c(OS(=O)(=O)c2ccc(Cl)c(Cl)c2)c1. The van der Waals surface area contributed by atoms with Gasteiger partial charge in [-0.05, 0) is 50.2 Å². The Hall–Kier alpha value is -2.68. The van der Waals surface area contributed by atoms with E-state index in [9.17, 15) is 13.2 Å². The number of hydrogen-bond donors (Lipinski definition) is 0. The second kappa shape index (κ2) is 12.0. The van der Waals surface area contributed by atoms with E-state index in [-0.39, 0.29) is 45.6 Å². The minimum Gasteiger partial charge on any atom is -0.467 e. The molecule has 1 aromatic heterocycles. The van der Waals surface area contributed by atoms with Crippen LogP contribution in [-0.4, -0.2) is 32.3 Å². The molecule has 0 saturated heterocycles. The first-order chi connectivity index (χ1) is 17.1. The second-order valence-corrected chi connectivity index (χ2v) is 10.9. The van der Waals surface area contributed by atoms with Crippen molar-refractivity contribution in [2.24, 2.45) is 5.92 Å². The summed E-state index contributed by atoms with van der Waals surface area (Å²) in [6.07, 6.45) is 1.55. The maximum absolute atomic E-state index is 13.2. The number of furan rings is 1. The first-order valence-electron chi connectivity index (χ1n) is 11.6. The predicted octanol–water partition coefficient (Wildman–Crippen LogP) is 6.39. The number of hydrogen-bond acceptors (Lipinski definition) is 6. The Bertz CT molecular complexity index is 1290. The molecule has 0 radical (unpaired) electrons. The number of nitrogens with zero attached hydrogens (tertiary/aromatic N) is 2. The molecule has 0 fully saturated rings. The van der Waals surface area contributed by atoms with Gasteiger partial charge in [0.05, 0.1) is 22.9 Å². The molecular weight excluding hydrogens is 523 g/mol. The molecule has 0 aliphatic rings. The molecule has 0 spiro atoms. The van der Waals surface area contributed by atoms with Gasteiger partial charge in [0, 0.05) is 42.9 Å². The van der Waals surface area contributed by atoms with Crippen LogP contribution in [0.3, 0.4) is 0 Å². The van der Waals surface area contributed by atoms with Gasteiger partial charge < -0.3 is 18.4 Å². The van der Waals surface area contributed by atoms with E-state index in [1.54, 1.807) is 35.4 Å². The Morgan fingerprint density at radius 1 is 1.00 bits per heavy atom. The van der Waals surface area contributed by atoms with Gasteiger partial charge in [-0.3, -0.25) is 4.79 Å². The summed E-state index contributed by atoms with van der Waals surface area (Å²) in [5.41, 5.74) is 1.34. The summed E-state index contributed by atoms with van der Waals surface area (Å²) in [6, 6.07) is 12.9. The van der Waals surface area contributed by atoms with Crippen LogP contribution in [0.4, 0.5) is 5.69 Å². The fourth-order valence-corrected chi connectivity index (χ4v) is 5.06. The standard InChI is InChI=1S/C26H30Cl2N2O5S/c1-5-29(6-2)20-10-9-19(16-30(26(31)18(3)4)17-21-8-7-13-34-21)25(14-20)35-36(32,33)22-11-12-23(27)24(28)15-22/h7-15,18H,5-6,16-17H2,1-4H3. The lowest BCUT2D eigenvalue weighted by Crippen LogP contribution is -2.33. The van der Waals surface area contributed by atoms with Crippen LogP contribution in [0.2, 0.25) is 10.0 Å². The highest BCUT2D eigenvalue weighted by atomic mass is 35.5. The van der Waals surface area contributed by atoms with Gasteiger partial charge in [-0.25, -0.2) is 0 Å². The second-order valence-electron chi connectivity index (χ2n) is 8.51. The molecule has 1 amide bonds. The molecule has 0 aliphatic carbocycles. The molecule has 1 heterocycles. The van der Waals surface area contributed by atoms with Crippen LogP contribution in [0.25, 0.3) is 0 Å². The summed E-state index contributed by atoms with van der Waals surface area (Å²) in [5, 5.41) is 0.339. The monoisotopic (exact) mass is 552 g/mol. The third kappa shape index (κ3) is 6.75. The van der Waals surface area contributed by atoms with Gasteiger partial charge in [0.1, 0.15) is 16.4 Å². The van der Waals surface area contributed by atoms with Crippen LogP contribution in [0.1, 0.15) is 39.0 Å². The van der Waals surface area contributed by atoms with Gasteiger partial charge in [0.25, 0.3) is 0 Å². The van der Waals surface area contributed by atoms with Gasteiger partial charge >= 0.3 is 10.1 Å². The van der Waals surface area contributed by atoms with Crippen molar-refractivity contribution < 1.29 is 21.8 Å². The van der Waals surface area contributed by atoms with Crippen LogP contribution in [0.5, 0.6) is 5.75 Å². The van der Waals surface area contributed by atoms with Crippen molar-refractivity contribution in [3.63, 3.8) is 0 Å². The van der Waals surface area contributed by atoms with Crippen molar-refractivity contribution in [1.29, 1.82) is 0 Å². The van der Waals surface area contributed by atoms with Gasteiger partial charge in [0.15, 0.2) is 0 Å². The Morgan fingerprint density at radius 3 is 2.31 bits per heavy atom. The number of carbonyl (C=O) groups excluding carboxylic acids is 1. The molecule has 0 unspecified atom stereocenters. The molecular formula is C26H30Cl2N2O5S. The number of rotatable bonds is 11. The molecule has 0 saturated carbocycles. The number of benzene rings is 2. The summed E-state index contributed by atoms with van der Waals surface area (Å²) in [6.45, 7) is 9.47. The third-order valence-corrected chi connectivity index (χ3v) is 7.62. The van der Waals surface area contributed by atoms with Crippen molar-refractivity contribution >= 4 is 44.9 Å². The lowest BCUT2D eigenvalue weighted by molar-refractivity contribution is -0.136. The van der Waals surface area contributed by atoms with Crippen molar-refractivity contribution in [3.8, 4) is 5.75 Å². The van der Waals surface area contributed by atoms with E-state index in [2.05, 4.69) is 4.90 Å². The quantitative estimate of drug-likeness (QED) is 0.256. The summed E-state index contributed by atoms with van der Waals surface area (Å²) < 4.78 is 37.5. The molecule has 2 aromatic carbocycles. The molecule has 0 N–H and O–H groups in total. The van der Waals surface area contributed by atoms with E-state index in [0.717, 1.165) is 18.8 Å². The predicted molar refractivity (Wildman–Crippen MR) is 142 cm³/mol. The van der Waals surface area contributed by atoms with Crippen molar-refractivity contribution in [2.45, 2.75) is 45.7 Å². The molecule has 36 heavy (non-hydrogen) atoms. The first kappa shape index (κ1) is 27.9. The van der Waals surface area contributed by atoms with E-state index in [4.69, 9.17) is 31.8 Å². The minimum absolute atomic E-state index is 0.0995. The van der Waals surface area contributed by atoms with E-state index >= 15 is 0 Å². The smallest absolute Gasteiger partial charge is 0.339 e. The van der Waals surface area contributed by atoms with Gasteiger partial charge in [-0.1, -0.05) is 43.1 Å². The highest BCUT2D eigenvalue weighted by molar-refractivity contribution is 7.87. The number of halogens is 2. The minimum atomic E-state index is -4.24. The van der Waals surface area contributed by atoms with Crippen LogP contribution < -0.4 is 9.08 Å². The molecule has 3 rings (SSSR count). The topological polar surface area (TPSA) is 80.1 Å². The zero-order valence-corrected chi connectivity index (χ0v) is 23.0. The van der Waals surface area contributed by atoms with Gasteiger partial charge in [-0.2, -0.15) is 8.42 Å². The maximum Gasteiger partial charge on any atom is 0.339 e. The zero-order chi connectivity index (χ0) is 26.5. The van der Waals surface area contributed by atoms with E-state index in [0.29, 0.717) is 11.3 Å². The molecule has 10 heteroatoms. The summed E-state index contributed by atoms with van der Waals surface area (Å²) in [7, 11) is -4.24. The van der Waals surface area contributed by atoms with E-state index in [1.807, 2.05) is 33.8 Å². The molecule has 0 bridgehead atoms. The fraction of sp³-hybridized carbons (Fsp3) is 0.346. The Labute approximate surface area is 222 Å². The normalized spacial score (nSPS) is 11.5. The van der Waals surface area contributed by atoms with E-state index in [1.165, 1.54) is 18.2 Å². The van der Waals surface area contributed by atoms with Crippen LogP contribution in [0.15, 0.2) is 64.1 Å². The average Bonchev–Trinajstić information content (AvgIpc) is 3.35. The lowest BCUT2D eigenvalue weighted by Gasteiger charge is -2.26. The van der Waals surface area contributed by atoms with E-state index < -0.39 is 10.1 Å². The Kier molecular flexibility index (Phi) is 9.33.